The number of halogens is 3. The van der Waals surface area contributed by atoms with Gasteiger partial charge in [0.05, 0.1) is 15.8 Å². The first-order valence-electron chi connectivity index (χ1n) is 5.43. The average Bonchev–Trinajstić information content (AvgIpc) is 2.79. The molecule has 1 aromatic heterocycles. The van der Waals surface area contributed by atoms with Gasteiger partial charge < -0.3 is 5.11 Å². The maximum atomic E-state index is 13.4. The van der Waals surface area contributed by atoms with Gasteiger partial charge in [0.1, 0.15) is 6.04 Å². The number of carbonyl (C=O) groups is 1. The van der Waals surface area contributed by atoms with Crippen molar-refractivity contribution in [2.75, 3.05) is 6.54 Å². The van der Waals surface area contributed by atoms with Crippen LogP contribution in [0.25, 0.3) is 0 Å². The lowest BCUT2D eigenvalue weighted by atomic mass is 10.2. The lowest BCUT2D eigenvalue weighted by Crippen LogP contribution is -2.40. The number of thiophene rings is 1. The third-order valence-corrected chi connectivity index (χ3v) is 6.23. The van der Waals surface area contributed by atoms with E-state index >= 15 is 0 Å². The molecule has 1 atom stereocenters. The molecule has 10 heteroatoms. The minimum Gasteiger partial charge on any atom is -0.480 e. The molecule has 1 fully saturated rings. The molecule has 1 aromatic rings. The molecule has 0 spiro atoms. The molecule has 112 valence electrons. The van der Waals surface area contributed by atoms with E-state index in [-0.39, 0.29) is 9.23 Å². The van der Waals surface area contributed by atoms with Gasteiger partial charge in [-0.2, -0.15) is 4.31 Å². The van der Waals surface area contributed by atoms with Crippen LogP contribution >= 0.6 is 22.9 Å². The second-order valence-electron chi connectivity index (χ2n) is 4.44. The highest BCUT2D eigenvalue weighted by atomic mass is 35.5. The zero-order chi connectivity index (χ0) is 15.3. The first kappa shape index (κ1) is 15.6. The fourth-order valence-corrected chi connectivity index (χ4v) is 5.47. The first-order chi connectivity index (χ1) is 9.04. The molecule has 5 nitrogen and oxygen atoms in total. The molecule has 1 saturated heterocycles. The number of hydrogen-bond donors (Lipinski definition) is 1. The van der Waals surface area contributed by atoms with E-state index in [0.717, 1.165) is 17.4 Å². The number of carboxylic acids is 1. The van der Waals surface area contributed by atoms with E-state index in [4.69, 9.17) is 16.7 Å². The van der Waals surface area contributed by atoms with Crippen LogP contribution in [-0.2, 0) is 14.8 Å². The van der Waals surface area contributed by atoms with Crippen molar-refractivity contribution in [3.63, 3.8) is 0 Å². The van der Waals surface area contributed by atoms with Crippen LogP contribution in [0.5, 0.6) is 0 Å². The van der Waals surface area contributed by atoms with Crippen LogP contribution in [0.3, 0.4) is 0 Å². The van der Waals surface area contributed by atoms with Crippen molar-refractivity contribution in [2.45, 2.75) is 30.2 Å². The van der Waals surface area contributed by atoms with Gasteiger partial charge in [-0.05, 0) is 13.0 Å². The third-order valence-electron chi connectivity index (χ3n) is 2.94. The van der Waals surface area contributed by atoms with Gasteiger partial charge in [-0.15, -0.1) is 11.3 Å². The Labute approximate surface area is 122 Å². The highest BCUT2D eigenvalue weighted by Crippen LogP contribution is 2.38. The van der Waals surface area contributed by atoms with Crippen molar-refractivity contribution in [2.24, 2.45) is 0 Å². The van der Waals surface area contributed by atoms with Crippen LogP contribution in [0.4, 0.5) is 8.78 Å². The summed E-state index contributed by atoms with van der Waals surface area (Å²) in [4.78, 5) is 11.1. The molecule has 0 bridgehead atoms. The SMILES string of the molecule is Cc1sc(Cl)cc1S(=O)(=O)N1CC(F)(F)C[C@@H]1C(=O)O. The average molecular weight is 346 g/mol. The Kier molecular flexibility index (Phi) is 3.83. The van der Waals surface area contributed by atoms with Crippen molar-refractivity contribution in [1.29, 1.82) is 0 Å². The summed E-state index contributed by atoms with van der Waals surface area (Å²) >= 11 is 6.69. The number of aryl methyl sites for hydroxylation is 1. The van der Waals surface area contributed by atoms with E-state index < -0.39 is 40.9 Å². The van der Waals surface area contributed by atoms with Gasteiger partial charge in [0.15, 0.2) is 0 Å². The smallest absolute Gasteiger partial charge is 0.322 e. The summed E-state index contributed by atoms with van der Waals surface area (Å²) in [5.41, 5.74) is 0. The van der Waals surface area contributed by atoms with Crippen LogP contribution in [0.2, 0.25) is 4.34 Å². The number of sulfonamides is 1. The van der Waals surface area contributed by atoms with E-state index in [1.54, 1.807) is 0 Å². The van der Waals surface area contributed by atoms with Gasteiger partial charge in [-0.1, -0.05) is 11.6 Å². The summed E-state index contributed by atoms with van der Waals surface area (Å²) < 4.78 is 52.0. The summed E-state index contributed by atoms with van der Waals surface area (Å²) in [6.07, 6.45) is -1.03. The zero-order valence-electron chi connectivity index (χ0n) is 10.1. The molecule has 0 saturated carbocycles. The maximum Gasteiger partial charge on any atom is 0.322 e. The molecule has 1 aliphatic rings. The molecule has 0 unspecified atom stereocenters. The van der Waals surface area contributed by atoms with Crippen molar-refractivity contribution >= 4 is 38.9 Å². The topological polar surface area (TPSA) is 74.7 Å². The van der Waals surface area contributed by atoms with Gasteiger partial charge in [0.2, 0.25) is 10.0 Å². The summed E-state index contributed by atoms with van der Waals surface area (Å²) in [5.74, 6) is -4.95. The predicted octanol–water partition coefficient (Wildman–Crippen LogP) is 2.19. The Morgan fingerprint density at radius 2 is 2.20 bits per heavy atom. The number of carboxylic acid groups (broad SMARTS) is 1. The molecule has 0 radical (unpaired) electrons. The van der Waals surface area contributed by atoms with Gasteiger partial charge in [0.25, 0.3) is 5.92 Å². The number of hydrogen-bond acceptors (Lipinski definition) is 4. The molecule has 2 heterocycles. The molecular formula is C10H10ClF2NO4S2. The van der Waals surface area contributed by atoms with Crippen LogP contribution in [0.1, 0.15) is 11.3 Å². The zero-order valence-corrected chi connectivity index (χ0v) is 12.5. The normalized spacial score (nSPS) is 23.1. The molecule has 2 rings (SSSR count). The van der Waals surface area contributed by atoms with Gasteiger partial charge in [-0.25, -0.2) is 17.2 Å². The van der Waals surface area contributed by atoms with E-state index in [1.807, 2.05) is 0 Å². The molecular weight excluding hydrogens is 336 g/mol. The van der Waals surface area contributed by atoms with Crippen LogP contribution in [0.15, 0.2) is 11.0 Å². The standard InChI is InChI=1S/C10H10ClF2NO4S2/c1-5-7(2-8(11)19-5)20(17,18)14-4-10(12,13)3-6(14)9(15)16/h2,6H,3-4H2,1H3,(H,15,16)/t6-/m1/s1. The molecule has 20 heavy (non-hydrogen) atoms. The Hall–Kier alpha value is -0.770. The minimum absolute atomic E-state index is 0.193. The Bertz CT molecular complexity index is 658. The van der Waals surface area contributed by atoms with Crippen LogP contribution in [-0.4, -0.2) is 42.3 Å². The van der Waals surface area contributed by atoms with Crippen molar-refractivity contribution in [3.8, 4) is 0 Å². The Morgan fingerprint density at radius 1 is 1.60 bits per heavy atom. The third kappa shape index (κ3) is 2.67. The van der Waals surface area contributed by atoms with Crippen molar-refractivity contribution < 1.29 is 27.1 Å². The highest BCUT2D eigenvalue weighted by Gasteiger charge is 2.53. The fraction of sp³-hybridized carbons (Fsp3) is 0.500. The highest BCUT2D eigenvalue weighted by molar-refractivity contribution is 7.89. The maximum absolute atomic E-state index is 13.4. The summed E-state index contributed by atoms with van der Waals surface area (Å²) in [7, 11) is -4.32. The van der Waals surface area contributed by atoms with E-state index in [2.05, 4.69) is 0 Å². The largest absolute Gasteiger partial charge is 0.480 e. The van der Waals surface area contributed by atoms with Crippen molar-refractivity contribution in [1.82, 2.24) is 4.31 Å². The molecule has 0 aliphatic carbocycles. The lowest BCUT2D eigenvalue weighted by Gasteiger charge is -2.20. The Balaban J connectivity index is 2.48. The molecule has 1 aliphatic heterocycles. The summed E-state index contributed by atoms with van der Waals surface area (Å²) in [6.45, 7) is 0.340. The van der Waals surface area contributed by atoms with E-state index in [0.29, 0.717) is 9.18 Å². The van der Waals surface area contributed by atoms with Gasteiger partial charge in [-0.3, -0.25) is 4.79 Å². The lowest BCUT2D eigenvalue weighted by molar-refractivity contribution is -0.141. The second-order valence-corrected chi connectivity index (χ2v) is 8.18. The summed E-state index contributed by atoms with van der Waals surface area (Å²) in [5, 5.41) is 8.94. The number of rotatable bonds is 3. The monoisotopic (exact) mass is 345 g/mol. The van der Waals surface area contributed by atoms with Crippen LogP contribution in [0, 0.1) is 6.92 Å². The first-order valence-corrected chi connectivity index (χ1v) is 8.06. The fourth-order valence-electron chi connectivity index (χ4n) is 2.06. The van der Waals surface area contributed by atoms with E-state index in [1.165, 1.54) is 6.92 Å². The van der Waals surface area contributed by atoms with Crippen LogP contribution < -0.4 is 0 Å². The molecule has 1 N–H and O–H groups in total. The Morgan fingerprint density at radius 3 is 2.65 bits per heavy atom. The van der Waals surface area contributed by atoms with Crippen molar-refractivity contribution in [3.05, 3.63) is 15.3 Å². The molecule has 0 amide bonds. The summed E-state index contributed by atoms with van der Waals surface area (Å²) in [6, 6.07) is -0.625. The number of alkyl halides is 2. The van der Waals surface area contributed by atoms with E-state index in [9.17, 15) is 22.0 Å². The van der Waals surface area contributed by atoms with Gasteiger partial charge >= 0.3 is 5.97 Å². The second kappa shape index (κ2) is 4.90. The quantitative estimate of drug-likeness (QED) is 0.911. The van der Waals surface area contributed by atoms with Gasteiger partial charge in [0, 0.05) is 11.3 Å². The molecule has 0 aromatic carbocycles. The number of nitrogens with zero attached hydrogens (tertiary/aromatic N) is 1. The number of aliphatic carboxylic acids is 1. The minimum atomic E-state index is -4.32. The predicted molar refractivity (Wildman–Crippen MR) is 68.9 cm³/mol.